The van der Waals surface area contributed by atoms with Crippen LogP contribution in [0.4, 0.5) is 10.1 Å². The number of aromatic nitrogens is 3. The Labute approximate surface area is 153 Å². The van der Waals surface area contributed by atoms with Crippen LogP contribution in [0.15, 0.2) is 29.2 Å². The Kier molecular flexibility index (Phi) is 4.06. The van der Waals surface area contributed by atoms with Gasteiger partial charge in [-0.1, -0.05) is 0 Å². The van der Waals surface area contributed by atoms with Gasteiger partial charge in [0.1, 0.15) is 17.1 Å². The molecule has 3 aromatic rings. The summed E-state index contributed by atoms with van der Waals surface area (Å²) < 4.78 is 21.9. The fraction of sp³-hybridized carbons (Fsp3) is 0.278. The van der Waals surface area contributed by atoms with Gasteiger partial charge >= 0.3 is 5.69 Å². The van der Waals surface area contributed by atoms with Gasteiger partial charge in [-0.3, -0.25) is 14.3 Å². The van der Waals surface area contributed by atoms with Crippen molar-refractivity contribution in [2.75, 3.05) is 25.1 Å². The number of nitrogens with one attached hydrogen (secondary N) is 1. The van der Waals surface area contributed by atoms with Crippen LogP contribution in [0, 0.1) is 5.82 Å². The maximum atomic E-state index is 14.9. The fourth-order valence-corrected chi connectivity index (χ4v) is 3.34. The van der Waals surface area contributed by atoms with Gasteiger partial charge in [-0.15, -0.1) is 0 Å². The van der Waals surface area contributed by atoms with Crippen LogP contribution in [0.3, 0.4) is 0 Å². The lowest BCUT2D eigenvalue weighted by atomic mass is 10.1. The highest BCUT2D eigenvalue weighted by Gasteiger charge is 2.22. The van der Waals surface area contributed by atoms with Crippen molar-refractivity contribution in [2.45, 2.75) is 12.8 Å². The summed E-state index contributed by atoms with van der Waals surface area (Å²) in [6.45, 7) is 1.06. The molecule has 0 spiro atoms. The fourth-order valence-electron chi connectivity index (χ4n) is 3.34. The average molecular weight is 371 g/mol. The number of aromatic amines is 1. The van der Waals surface area contributed by atoms with Crippen LogP contribution < -0.4 is 21.1 Å². The van der Waals surface area contributed by atoms with Gasteiger partial charge in [0.15, 0.2) is 5.65 Å². The summed E-state index contributed by atoms with van der Waals surface area (Å²) in [6, 6.07) is 4.17. The third-order valence-corrected chi connectivity index (χ3v) is 4.67. The number of primary amides is 1. The Hall–Kier alpha value is -3.36. The monoisotopic (exact) mass is 371 g/mol. The minimum absolute atomic E-state index is 0.00322. The lowest BCUT2D eigenvalue weighted by Gasteiger charge is -2.23. The molecule has 27 heavy (non-hydrogen) atoms. The van der Waals surface area contributed by atoms with Crippen LogP contribution in [0.1, 0.15) is 23.2 Å². The number of ether oxygens (including phenoxy) is 1. The van der Waals surface area contributed by atoms with Crippen LogP contribution in [0.25, 0.3) is 16.9 Å². The number of rotatable bonds is 1. The van der Waals surface area contributed by atoms with Crippen molar-refractivity contribution < 1.29 is 13.9 Å². The summed E-state index contributed by atoms with van der Waals surface area (Å²) in [5.74, 6) is -1.03. The molecule has 0 aliphatic carbocycles. The molecule has 0 radical (unpaired) electrons. The lowest BCUT2D eigenvalue weighted by Crippen LogP contribution is -2.25. The van der Waals surface area contributed by atoms with Gasteiger partial charge < -0.3 is 15.4 Å². The highest BCUT2D eigenvalue weighted by molar-refractivity contribution is 5.99. The predicted molar refractivity (Wildman–Crippen MR) is 98.2 cm³/mol. The Morgan fingerprint density at radius 2 is 2.15 bits per heavy atom. The number of hydrogen-bond donors (Lipinski definition) is 2. The molecule has 1 amide bonds. The summed E-state index contributed by atoms with van der Waals surface area (Å²) in [7, 11) is 1.79. The van der Waals surface area contributed by atoms with Gasteiger partial charge in [0, 0.05) is 25.9 Å². The molecule has 0 saturated carbocycles. The molecular weight excluding hydrogens is 353 g/mol. The molecule has 2 bridgehead atoms. The zero-order valence-corrected chi connectivity index (χ0v) is 14.7. The number of nitrogens with zero attached hydrogens (tertiary/aromatic N) is 3. The molecule has 3 N–H and O–H groups in total. The van der Waals surface area contributed by atoms with E-state index in [-0.39, 0.29) is 11.3 Å². The predicted octanol–water partition coefficient (Wildman–Crippen LogP) is 1.56. The van der Waals surface area contributed by atoms with Crippen molar-refractivity contribution in [3.63, 3.8) is 0 Å². The van der Waals surface area contributed by atoms with Crippen molar-refractivity contribution in [1.29, 1.82) is 0 Å². The molecule has 1 aliphatic rings. The van der Waals surface area contributed by atoms with E-state index in [1.165, 1.54) is 16.8 Å². The van der Waals surface area contributed by atoms with E-state index >= 15 is 0 Å². The quantitative estimate of drug-likeness (QED) is 0.675. The molecule has 9 heteroatoms. The van der Waals surface area contributed by atoms with E-state index < -0.39 is 17.4 Å². The summed E-state index contributed by atoms with van der Waals surface area (Å²) in [5.41, 5.74) is 6.06. The molecule has 0 saturated heterocycles. The molecule has 140 valence electrons. The molecule has 0 unspecified atom stereocenters. The first-order valence-corrected chi connectivity index (χ1v) is 8.55. The van der Waals surface area contributed by atoms with E-state index in [0.717, 1.165) is 18.9 Å². The standard InChI is InChI=1S/C18H18FN5O3/c1-23-6-2-3-7-27-14-4-5-21-17-15(14)24(18(26)22-17)13-9-12(23)10(16(20)25)8-11(13)19/h4-5,8-9H,2-3,6-7H2,1H3,(H2,20,25)(H,21,22,26). The zero-order valence-electron chi connectivity index (χ0n) is 14.7. The van der Waals surface area contributed by atoms with Crippen molar-refractivity contribution in [2.24, 2.45) is 5.73 Å². The first-order chi connectivity index (χ1) is 13.0. The maximum Gasteiger partial charge on any atom is 0.332 e. The van der Waals surface area contributed by atoms with Gasteiger partial charge in [-0.05, 0) is 25.0 Å². The number of halogens is 1. The van der Waals surface area contributed by atoms with E-state index in [4.69, 9.17) is 10.5 Å². The number of carbonyl (C=O) groups excluding carboxylic acids is 1. The molecule has 1 aliphatic heterocycles. The molecule has 4 rings (SSSR count). The summed E-state index contributed by atoms with van der Waals surface area (Å²) in [5, 5.41) is 0. The van der Waals surface area contributed by atoms with Crippen LogP contribution in [-0.2, 0) is 0 Å². The SMILES string of the molecule is CN1CCCCOc2ccnc3[nH]c(=O)n(c23)-c2cc1c(C(N)=O)cc2F. The third kappa shape index (κ3) is 2.80. The summed E-state index contributed by atoms with van der Waals surface area (Å²) >= 11 is 0. The molecule has 2 aromatic heterocycles. The second kappa shape index (κ2) is 6.42. The van der Waals surface area contributed by atoms with Gasteiger partial charge in [0.25, 0.3) is 5.91 Å². The number of H-pyrrole nitrogens is 1. The largest absolute Gasteiger partial charge is 0.491 e. The first-order valence-electron chi connectivity index (χ1n) is 8.55. The Balaban J connectivity index is 2.08. The third-order valence-electron chi connectivity index (χ3n) is 4.67. The maximum absolute atomic E-state index is 14.9. The van der Waals surface area contributed by atoms with Crippen molar-refractivity contribution in [3.05, 3.63) is 46.3 Å². The van der Waals surface area contributed by atoms with E-state index in [0.29, 0.717) is 35.8 Å². The van der Waals surface area contributed by atoms with E-state index in [1.807, 2.05) is 4.90 Å². The van der Waals surface area contributed by atoms with Gasteiger partial charge in [-0.2, -0.15) is 0 Å². The van der Waals surface area contributed by atoms with Gasteiger partial charge in [0.2, 0.25) is 0 Å². The van der Waals surface area contributed by atoms with E-state index in [9.17, 15) is 14.0 Å². The highest BCUT2D eigenvalue weighted by atomic mass is 19.1. The van der Waals surface area contributed by atoms with Crippen molar-refractivity contribution in [3.8, 4) is 11.4 Å². The molecule has 1 aromatic carbocycles. The second-order valence-corrected chi connectivity index (χ2v) is 6.43. The number of benzene rings is 1. The molecular formula is C18H18FN5O3. The zero-order chi connectivity index (χ0) is 19.1. The number of fused-ring (bicyclic) bond motifs is 3. The molecule has 3 heterocycles. The smallest absolute Gasteiger partial charge is 0.332 e. The van der Waals surface area contributed by atoms with Crippen LogP contribution in [0.2, 0.25) is 0 Å². The van der Waals surface area contributed by atoms with E-state index in [1.54, 1.807) is 13.1 Å². The van der Waals surface area contributed by atoms with Crippen LogP contribution >= 0.6 is 0 Å². The molecule has 0 fully saturated rings. The number of hydrogen-bond acceptors (Lipinski definition) is 5. The minimum Gasteiger partial charge on any atom is -0.491 e. The van der Waals surface area contributed by atoms with Crippen molar-refractivity contribution >= 4 is 22.8 Å². The number of amides is 1. The second-order valence-electron chi connectivity index (χ2n) is 6.43. The molecule has 0 atom stereocenters. The topological polar surface area (TPSA) is 106 Å². The number of imidazole rings is 1. The number of carbonyl (C=O) groups is 1. The van der Waals surface area contributed by atoms with E-state index in [2.05, 4.69) is 9.97 Å². The van der Waals surface area contributed by atoms with Crippen LogP contribution in [-0.4, -0.2) is 40.6 Å². The minimum atomic E-state index is -0.740. The highest BCUT2D eigenvalue weighted by Crippen LogP contribution is 2.30. The average Bonchev–Trinajstić information content (AvgIpc) is 2.96. The number of nitrogens with two attached hydrogens (primary N) is 1. The summed E-state index contributed by atoms with van der Waals surface area (Å²) in [6.07, 6.45) is 3.09. The lowest BCUT2D eigenvalue weighted by molar-refractivity contribution is 0.100. The Morgan fingerprint density at radius 3 is 2.93 bits per heavy atom. The Bertz CT molecular complexity index is 1100. The first kappa shape index (κ1) is 17.1. The molecule has 8 nitrogen and oxygen atoms in total. The Morgan fingerprint density at radius 1 is 1.33 bits per heavy atom. The summed E-state index contributed by atoms with van der Waals surface area (Å²) in [4.78, 5) is 33.0. The van der Waals surface area contributed by atoms with Gasteiger partial charge in [-0.25, -0.2) is 14.2 Å². The normalized spacial score (nSPS) is 14.4. The van der Waals surface area contributed by atoms with Crippen LogP contribution in [0.5, 0.6) is 5.75 Å². The van der Waals surface area contributed by atoms with Crippen molar-refractivity contribution in [1.82, 2.24) is 14.5 Å². The number of anilines is 1. The van der Waals surface area contributed by atoms with Gasteiger partial charge in [0.05, 0.1) is 23.5 Å². The number of pyridine rings is 1.